The minimum absolute atomic E-state index is 0.222. The van der Waals surface area contributed by atoms with Gasteiger partial charge in [0.15, 0.2) is 6.29 Å². The molecule has 7 atom stereocenters. The van der Waals surface area contributed by atoms with Gasteiger partial charge in [0.05, 0.1) is 25.4 Å². The molecular formula is C65H127NO11S. The Hall–Kier alpha value is -1.16. The van der Waals surface area contributed by atoms with Crippen LogP contribution in [-0.2, 0) is 28.9 Å². The molecule has 0 bridgehead atoms. The highest BCUT2D eigenvalue weighted by Crippen LogP contribution is 2.27. The molecule has 0 saturated carbocycles. The van der Waals surface area contributed by atoms with E-state index in [0.717, 1.165) is 51.4 Å². The number of aliphatic hydroxyl groups excluding tert-OH is 4. The molecule has 1 heterocycles. The van der Waals surface area contributed by atoms with E-state index in [9.17, 15) is 38.2 Å². The van der Waals surface area contributed by atoms with E-state index in [4.69, 9.17) is 9.47 Å². The average Bonchev–Trinajstić information content (AvgIpc) is 3.45. The molecule has 78 heavy (non-hydrogen) atoms. The van der Waals surface area contributed by atoms with Crippen LogP contribution >= 0.6 is 0 Å². The number of ether oxygens (including phenoxy) is 2. The van der Waals surface area contributed by atoms with Crippen LogP contribution in [0.5, 0.6) is 0 Å². The van der Waals surface area contributed by atoms with Crippen LogP contribution in [0.3, 0.4) is 0 Å². The van der Waals surface area contributed by atoms with E-state index in [2.05, 4.69) is 35.5 Å². The monoisotopic (exact) mass is 1130 g/mol. The van der Waals surface area contributed by atoms with Crippen molar-refractivity contribution < 1.29 is 51.8 Å². The molecule has 0 aliphatic carbocycles. The van der Waals surface area contributed by atoms with Crippen LogP contribution in [0.15, 0.2) is 12.2 Å². The third kappa shape index (κ3) is 46.3. The Morgan fingerprint density at radius 3 is 1.15 bits per heavy atom. The largest absolute Gasteiger partial charge is 0.397 e. The van der Waals surface area contributed by atoms with Crippen LogP contribution in [0.1, 0.15) is 341 Å². The van der Waals surface area contributed by atoms with Gasteiger partial charge in [-0.2, -0.15) is 8.42 Å². The van der Waals surface area contributed by atoms with E-state index < -0.39 is 59.9 Å². The van der Waals surface area contributed by atoms with Crippen molar-refractivity contribution >= 4 is 16.3 Å². The maximum Gasteiger partial charge on any atom is 0.397 e. The zero-order valence-corrected chi connectivity index (χ0v) is 51.6. The predicted octanol–water partition coefficient (Wildman–Crippen LogP) is 17.0. The van der Waals surface area contributed by atoms with Crippen molar-refractivity contribution in [2.75, 3.05) is 13.2 Å². The highest BCUT2D eigenvalue weighted by atomic mass is 32.3. The molecule has 1 amide bonds. The number of carbonyl (C=O) groups excluding carboxylic acids is 1. The van der Waals surface area contributed by atoms with Crippen LogP contribution in [-0.4, -0.2) is 95.4 Å². The number of hydrogen-bond acceptors (Lipinski definition) is 10. The molecule has 12 nitrogen and oxygen atoms in total. The molecule has 13 heteroatoms. The SMILES string of the molecule is CCCCCCCCCCCCCC/C=C\CCCCCCCCCCCCCCCCC(=O)NC(COC1OC(CO)C(O)C(OS(=O)(=O)O)C1O)C(O)CCCCCCCCCCCCCCCCCCCCCCC. The van der Waals surface area contributed by atoms with Crippen LogP contribution in [0.4, 0.5) is 0 Å². The number of nitrogens with one attached hydrogen (secondary N) is 1. The molecule has 1 aliphatic rings. The Morgan fingerprint density at radius 1 is 0.500 bits per heavy atom. The number of rotatable bonds is 60. The summed E-state index contributed by atoms with van der Waals surface area (Å²) in [5, 5.41) is 45.3. The van der Waals surface area contributed by atoms with Gasteiger partial charge in [-0.25, -0.2) is 4.18 Å². The minimum atomic E-state index is -5.08. The third-order valence-electron chi connectivity index (χ3n) is 16.3. The summed E-state index contributed by atoms with van der Waals surface area (Å²) in [4.78, 5) is 13.2. The molecule has 0 radical (unpaired) electrons. The Labute approximate surface area is 480 Å². The van der Waals surface area contributed by atoms with Gasteiger partial charge in [0.25, 0.3) is 0 Å². The van der Waals surface area contributed by atoms with E-state index in [1.165, 1.54) is 263 Å². The summed E-state index contributed by atoms with van der Waals surface area (Å²) < 4.78 is 48.1. The second kappa shape index (κ2) is 55.1. The maximum absolute atomic E-state index is 13.2. The van der Waals surface area contributed by atoms with Gasteiger partial charge in [-0.1, -0.05) is 309 Å². The molecule has 464 valence electrons. The van der Waals surface area contributed by atoms with Gasteiger partial charge >= 0.3 is 10.4 Å². The Balaban J connectivity index is 2.24. The fourth-order valence-corrected chi connectivity index (χ4v) is 11.7. The first kappa shape index (κ1) is 74.9. The zero-order chi connectivity index (χ0) is 56.8. The van der Waals surface area contributed by atoms with Gasteiger partial charge in [-0.05, 0) is 38.5 Å². The van der Waals surface area contributed by atoms with Crippen LogP contribution in [0, 0.1) is 0 Å². The van der Waals surface area contributed by atoms with Crippen LogP contribution in [0.25, 0.3) is 0 Å². The summed E-state index contributed by atoms with van der Waals surface area (Å²) in [5.41, 5.74) is 0. The quantitative estimate of drug-likeness (QED) is 0.0193. The lowest BCUT2D eigenvalue weighted by Crippen LogP contribution is -2.61. The third-order valence-corrected chi connectivity index (χ3v) is 16.8. The van der Waals surface area contributed by atoms with E-state index in [-0.39, 0.29) is 12.5 Å². The van der Waals surface area contributed by atoms with Gasteiger partial charge in [0.2, 0.25) is 5.91 Å². The summed E-state index contributed by atoms with van der Waals surface area (Å²) in [6, 6.07) is -0.857. The van der Waals surface area contributed by atoms with Crippen molar-refractivity contribution in [3.8, 4) is 0 Å². The molecule has 0 aromatic heterocycles. The molecule has 1 fully saturated rings. The molecule has 0 aromatic rings. The van der Waals surface area contributed by atoms with E-state index >= 15 is 0 Å². The predicted molar refractivity (Wildman–Crippen MR) is 324 cm³/mol. The lowest BCUT2D eigenvalue weighted by molar-refractivity contribution is -0.298. The first-order valence-corrected chi connectivity index (χ1v) is 34.9. The van der Waals surface area contributed by atoms with Crippen molar-refractivity contribution in [1.82, 2.24) is 5.32 Å². The molecule has 1 saturated heterocycles. The van der Waals surface area contributed by atoms with E-state index in [0.29, 0.717) is 12.8 Å². The fourth-order valence-electron chi connectivity index (χ4n) is 11.2. The Morgan fingerprint density at radius 2 is 0.821 bits per heavy atom. The van der Waals surface area contributed by atoms with Crippen molar-refractivity contribution in [1.29, 1.82) is 0 Å². The molecule has 0 aromatic carbocycles. The topological polar surface area (TPSA) is 192 Å². The van der Waals surface area contributed by atoms with Gasteiger partial charge in [0, 0.05) is 6.42 Å². The molecule has 1 rings (SSSR count). The first-order chi connectivity index (χ1) is 38.0. The van der Waals surface area contributed by atoms with Crippen LogP contribution < -0.4 is 5.32 Å². The fraction of sp³-hybridized carbons (Fsp3) is 0.954. The standard InChI is InChI=1S/C65H127NO11S/c1-3-5-7-9-11-13-15-17-19-21-23-25-26-27-28-29-30-31-32-33-35-37-39-41-43-45-47-49-51-53-55-61(69)66-58(57-75-65-63(71)64(77-78(72,73)74)62(70)60(56-67)76-65)59(68)54-52-50-48-46-44-42-40-38-36-34-24-22-20-18-16-14-12-10-8-6-4-2/h27-28,58-60,62-65,67-68,70-71H,3-26,29-57H2,1-2H3,(H,66,69)(H,72,73,74)/b28-27-. The number of amides is 1. The Bertz CT molecular complexity index is 1420. The van der Waals surface area contributed by atoms with Crippen molar-refractivity contribution in [3.05, 3.63) is 12.2 Å². The maximum atomic E-state index is 13.2. The molecule has 6 N–H and O–H groups in total. The van der Waals surface area contributed by atoms with E-state index in [1.54, 1.807) is 0 Å². The number of allylic oxidation sites excluding steroid dienone is 2. The normalized spacial score (nSPS) is 18.8. The minimum Gasteiger partial charge on any atom is -0.394 e. The summed E-state index contributed by atoms with van der Waals surface area (Å²) in [6.45, 7) is 3.52. The van der Waals surface area contributed by atoms with E-state index in [1.807, 2.05) is 0 Å². The van der Waals surface area contributed by atoms with Crippen molar-refractivity contribution in [2.45, 2.75) is 384 Å². The van der Waals surface area contributed by atoms with Crippen molar-refractivity contribution in [3.63, 3.8) is 0 Å². The van der Waals surface area contributed by atoms with Gasteiger partial charge < -0.3 is 35.2 Å². The average molecular weight is 1130 g/mol. The number of carbonyl (C=O) groups is 1. The number of unbranched alkanes of at least 4 members (excludes halogenated alkanes) is 46. The molecule has 0 spiro atoms. The lowest BCUT2D eigenvalue weighted by Gasteiger charge is -2.41. The molecule has 1 aliphatic heterocycles. The van der Waals surface area contributed by atoms with Gasteiger partial charge in [0.1, 0.15) is 24.4 Å². The summed E-state index contributed by atoms with van der Waals surface area (Å²) in [7, 11) is -5.08. The molecule has 7 unspecified atom stereocenters. The molecular weight excluding hydrogens is 1000 g/mol. The number of hydrogen-bond donors (Lipinski definition) is 6. The second-order valence-electron chi connectivity index (χ2n) is 23.8. The highest BCUT2D eigenvalue weighted by Gasteiger charge is 2.48. The summed E-state index contributed by atoms with van der Waals surface area (Å²) in [5.74, 6) is -0.222. The highest BCUT2D eigenvalue weighted by molar-refractivity contribution is 7.80. The zero-order valence-electron chi connectivity index (χ0n) is 50.8. The summed E-state index contributed by atoms with van der Waals surface area (Å²) in [6.07, 6.45) is 59.5. The second-order valence-corrected chi connectivity index (χ2v) is 24.8. The number of aliphatic hydroxyl groups is 4. The lowest BCUT2D eigenvalue weighted by atomic mass is 9.99. The smallest absolute Gasteiger partial charge is 0.394 e. The Kier molecular flexibility index (Phi) is 52.8. The van der Waals surface area contributed by atoms with Crippen LogP contribution in [0.2, 0.25) is 0 Å². The summed E-state index contributed by atoms with van der Waals surface area (Å²) >= 11 is 0. The van der Waals surface area contributed by atoms with Gasteiger partial charge in [-0.3, -0.25) is 9.35 Å². The van der Waals surface area contributed by atoms with Crippen molar-refractivity contribution in [2.24, 2.45) is 0 Å². The first-order valence-electron chi connectivity index (χ1n) is 33.6. The van der Waals surface area contributed by atoms with Gasteiger partial charge in [-0.15, -0.1) is 0 Å².